The van der Waals surface area contributed by atoms with E-state index >= 15 is 0 Å². The number of pyridine rings is 1. The molecule has 0 N–H and O–H groups in total. The molecule has 52 valence electrons. The van der Waals surface area contributed by atoms with E-state index < -0.39 is 0 Å². The van der Waals surface area contributed by atoms with E-state index in [-0.39, 0.29) is 0 Å². The molecule has 0 aromatic carbocycles. The molecule has 0 bridgehead atoms. The molecule has 0 saturated carbocycles. The van der Waals surface area contributed by atoms with Crippen molar-refractivity contribution in [3.05, 3.63) is 24.0 Å². The van der Waals surface area contributed by atoms with Crippen LogP contribution >= 0.6 is 11.8 Å². The lowest BCUT2D eigenvalue weighted by Crippen LogP contribution is -1.80. The fourth-order valence-electron chi connectivity index (χ4n) is 0.603. The van der Waals surface area contributed by atoms with Crippen molar-refractivity contribution in [2.75, 3.05) is 0 Å². The maximum absolute atomic E-state index is 8.54. The van der Waals surface area contributed by atoms with Crippen LogP contribution in [0.3, 0.4) is 0 Å². The molecule has 0 amide bonds. The number of rotatable bonds is 1. The first kappa shape index (κ1) is 7.59. The first-order chi connectivity index (χ1) is 5.38. The minimum Gasteiger partial charge on any atom is -0.263 e. The largest absolute Gasteiger partial charge is 0.263 e. The minimum atomic E-state index is 0.492. The summed E-state index contributed by atoms with van der Waals surface area (Å²) >= 11 is 0.947. The zero-order valence-corrected chi connectivity index (χ0v) is 6.30. The Bertz CT molecular complexity index is 334. The smallest absolute Gasteiger partial charge is 0.138 e. The van der Waals surface area contributed by atoms with Gasteiger partial charge in [0, 0.05) is 12.4 Å². The maximum Gasteiger partial charge on any atom is 0.138 e. The van der Waals surface area contributed by atoms with Gasteiger partial charge in [0.05, 0.1) is 10.5 Å². The molecule has 3 nitrogen and oxygen atoms in total. The highest BCUT2D eigenvalue weighted by molar-refractivity contribution is 8.03. The highest BCUT2D eigenvalue weighted by atomic mass is 32.2. The molecule has 1 aromatic heterocycles. The van der Waals surface area contributed by atoms with Crippen LogP contribution in [0.25, 0.3) is 0 Å². The standard InChI is InChI=1S/C7H3N3S/c8-3-6-1-2-10-4-7(6)11-5-9/h1-2,4H. The van der Waals surface area contributed by atoms with Gasteiger partial charge >= 0.3 is 0 Å². The number of aromatic nitrogens is 1. The van der Waals surface area contributed by atoms with E-state index in [4.69, 9.17) is 10.5 Å². The van der Waals surface area contributed by atoms with Gasteiger partial charge in [0.2, 0.25) is 0 Å². The van der Waals surface area contributed by atoms with E-state index in [2.05, 4.69) is 4.98 Å². The van der Waals surface area contributed by atoms with Gasteiger partial charge in [0.25, 0.3) is 0 Å². The zero-order chi connectivity index (χ0) is 8.10. The van der Waals surface area contributed by atoms with Gasteiger partial charge in [-0.15, -0.1) is 0 Å². The summed E-state index contributed by atoms with van der Waals surface area (Å²) < 4.78 is 0. The van der Waals surface area contributed by atoms with Gasteiger partial charge < -0.3 is 0 Å². The summed E-state index contributed by atoms with van der Waals surface area (Å²) in [6.07, 6.45) is 3.03. The highest BCUT2D eigenvalue weighted by Crippen LogP contribution is 2.18. The number of hydrogen-bond donors (Lipinski definition) is 0. The summed E-state index contributed by atoms with van der Waals surface area (Å²) in [6, 6.07) is 3.55. The molecule has 11 heavy (non-hydrogen) atoms. The Labute approximate surface area is 68.3 Å². The van der Waals surface area contributed by atoms with Crippen molar-refractivity contribution in [1.29, 1.82) is 10.5 Å². The van der Waals surface area contributed by atoms with E-state index in [1.165, 1.54) is 12.4 Å². The summed E-state index contributed by atoms with van der Waals surface area (Å²) in [4.78, 5) is 4.40. The van der Waals surface area contributed by atoms with Crippen LogP contribution in [0, 0.1) is 22.0 Å². The minimum absolute atomic E-state index is 0.492. The normalized spacial score (nSPS) is 8.18. The Morgan fingerprint density at radius 2 is 2.27 bits per heavy atom. The van der Waals surface area contributed by atoms with Crippen molar-refractivity contribution >= 4 is 11.8 Å². The van der Waals surface area contributed by atoms with Crippen LogP contribution in [0.15, 0.2) is 23.4 Å². The first-order valence-corrected chi connectivity index (χ1v) is 3.60. The third kappa shape index (κ3) is 1.70. The molecule has 1 rings (SSSR count). The van der Waals surface area contributed by atoms with Gasteiger partial charge in [-0.25, -0.2) is 0 Å². The quantitative estimate of drug-likeness (QED) is 0.463. The predicted molar refractivity (Wildman–Crippen MR) is 40.4 cm³/mol. The lowest BCUT2D eigenvalue weighted by molar-refractivity contribution is 1.21. The summed E-state index contributed by atoms with van der Waals surface area (Å²) in [5, 5.41) is 18.7. The summed E-state index contributed by atoms with van der Waals surface area (Å²) in [7, 11) is 0. The van der Waals surface area contributed by atoms with Gasteiger partial charge in [0.15, 0.2) is 0 Å². The van der Waals surface area contributed by atoms with E-state index in [1.54, 1.807) is 6.07 Å². The Morgan fingerprint density at radius 1 is 1.45 bits per heavy atom. The highest BCUT2D eigenvalue weighted by Gasteiger charge is 1.99. The SMILES string of the molecule is N#CSc1cnccc1C#N. The lowest BCUT2D eigenvalue weighted by Gasteiger charge is -1.92. The Kier molecular flexibility index (Phi) is 2.48. The molecule has 0 unspecified atom stereocenters. The molecule has 0 spiro atoms. The predicted octanol–water partition coefficient (Wildman–Crippen LogP) is 1.53. The third-order valence-electron chi connectivity index (χ3n) is 1.06. The Hall–Kier alpha value is -1.52. The maximum atomic E-state index is 8.54. The Morgan fingerprint density at radius 3 is 2.91 bits per heavy atom. The van der Waals surface area contributed by atoms with Crippen LogP contribution in [0.2, 0.25) is 0 Å². The van der Waals surface area contributed by atoms with Gasteiger partial charge in [0.1, 0.15) is 11.5 Å². The van der Waals surface area contributed by atoms with Crippen LogP contribution in [0.5, 0.6) is 0 Å². The van der Waals surface area contributed by atoms with Crippen LogP contribution in [-0.2, 0) is 0 Å². The fourth-order valence-corrected chi connectivity index (χ4v) is 1.04. The van der Waals surface area contributed by atoms with E-state index in [1.807, 2.05) is 11.5 Å². The van der Waals surface area contributed by atoms with Crippen molar-refractivity contribution in [2.24, 2.45) is 0 Å². The number of nitrogens with zero attached hydrogens (tertiary/aromatic N) is 3. The molecule has 1 aromatic rings. The van der Waals surface area contributed by atoms with Gasteiger partial charge in [-0.2, -0.15) is 10.5 Å². The van der Waals surface area contributed by atoms with Gasteiger partial charge in [-0.05, 0) is 17.8 Å². The summed E-state index contributed by atoms with van der Waals surface area (Å²) in [5.74, 6) is 0. The second-order valence-corrected chi connectivity index (χ2v) is 2.50. The molecule has 0 radical (unpaired) electrons. The zero-order valence-electron chi connectivity index (χ0n) is 5.48. The number of hydrogen-bond acceptors (Lipinski definition) is 4. The van der Waals surface area contributed by atoms with E-state index in [0.29, 0.717) is 10.5 Å². The molecular weight excluding hydrogens is 158 g/mol. The molecule has 1 heterocycles. The second-order valence-electron chi connectivity index (χ2n) is 1.68. The number of thioether (sulfide) groups is 1. The fraction of sp³-hybridized carbons (Fsp3) is 0. The van der Waals surface area contributed by atoms with E-state index in [0.717, 1.165) is 11.8 Å². The number of nitriles is 2. The Balaban J connectivity index is 3.07. The van der Waals surface area contributed by atoms with Crippen molar-refractivity contribution in [3.8, 4) is 11.5 Å². The molecule has 0 fully saturated rings. The van der Waals surface area contributed by atoms with Crippen LogP contribution in [0.1, 0.15) is 5.56 Å². The molecule has 4 heteroatoms. The lowest BCUT2D eigenvalue weighted by atomic mass is 10.3. The molecule has 0 aliphatic carbocycles. The van der Waals surface area contributed by atoms with Gasteiger partial charge in [-0.3, -0.25) is 4.98 Å². The summed E-state index contributed by atoms with van der Waals surface area (Å²) in [6.45, 7) is 0. The monoisotopic (exact) mass is 161 g/mol. The van der Waals surface area contributed by atoms with Crippen molar-refractivity contribution < 1.29 is 0 Å². The van der Waals surface area contributed by atoms with Crippen molar-refractivity contribution in [3.63, 3.8) is 0 Å². The van der Waals surface area contributed by atoms with E-state index in [9.17, 15) is 0 Å². The van der Waals surface area contributed by atoms with Gasteiger partial charge in [-0.1, -0.05) is 0 Å². The molecule has 0 aliphatic rings. The van der Waals surface area contributed by atoms with Crippen LogP contribution < -0.4 is 0 Å². The molecule has 0 aliphatic heterocycles. The third-order valence-corrected chi connectivity index (χ3v) is 1.70. The summed E-state index contributed by atoms with van der Waals surface area (Å²) in [5.41, 5.74) is 0.492. The average Bonchev–Trinajstić information content (AvgIpc) is 2.06. The topological polar surface area (TPSA) is 60.5 Å². The molecule has 0 atom stereocenters. The molecule has 0 saturated heterocycles. The second kappa shape index (κ2) is 3.60. The first-order valence-electron chi connectivity index (χ1n) is 2.78. The van der Waals surface area contributed by atoms with Crippen molar-refractivity contribution in [2.45, 2.75) is 4.90 Å². The van der Waals surface area contributed by atoms with Crippen LogP contribution in [-0.4, -0.2) is 4.98 Å². The van der Waals surface area contributed by atoms with Crippen LogP contribution in [0.4, 0.5) is 0 Å². The number of thiocyanates is 1. The molecular formula is C7H3N3S. The average molecular weight is 161 g/mol. The van der Waals surface area contributed by atoms with Crippen molar-refractivity contribution in [1.82, 2.24) is 4.98 Å².